The molecule has 3 N–H and O–H groups in total. The van der Waals surface area contributed by atoms with Crippen LogP contribution in [0.4, 0.5) is 11.5 Å². The zero-order chi connectivity index (χ0) is 23.5. The quantitative estimate of drug-likeness (QED) is 0.424. The van der Waals surface area contributed by atoms with Crippen molar-refractivity contribution in [1.82, 2.24) is 9.55 Å². The SMILES string of the molecule is CCCCn1c(N)c(N(Cc2ccco2)C(=O)Cc2coc3cc(C)ccc23)c(=O)[nH]c1=O. The van der Waals surface area contributed by atoms with Crippen LogP contribution in [0.25, 0.3) is 11.0 Å². The average Bonchev–Trinajstić information content (AvgIpc) is 3.42. The number of anilines is 2. The fourth-order valence-corrected chi connectivity index (χ4v) is 3.81. The van der Waals surface area contributed by atoms with Gasteiger partial charge >= 0.3 is 5.69 Å². The molecule has 0 spiro atoms. The number of rotatable bonds is 8. The van der Waals surface area contributed by atoms with Crippen LogP contribution in [0, 0.1) is 6.92 Å². The number of unbranched alkanes of at least 4 members (excludes halogenated alkanes) is 1. The topological polar surface area (TPSA) is 127 Å². The monoisotopic (exact) mass is 450 g/mol. The zero-order valence-electron chi connectivity index (χ0n) is 18.6. The van der Waals surface area contributed by atoms with Gasteiger partial charge in [-0.15, -0.1) is 0 Å². The number of aryl methyl sites for hydroxylation is 1. The molecule has 0 saturated carbocycles. The third kappa shape index (κ3) is 4.48. The summed E-state index contributed by atoms with van der Waals surface area (Å²) in [6.07, 6.45) is 4.54. The number of hydrogen-bond acceptors (Lipinski definition) is 6. The summed E-state index contributed by atoms with van der Waals surface area (Å²) >= 11 is 0. The molecule has 0 unspecified atom stereocenters. The first kappa shape index (κ1) is 22.2. The van der Waals surface area contributed by atoms with E-state index in [4.69, 9.17) is 14.6 Å². The highest BCUT2D eigenvalue weighted by molar-refractivity contribution is 5.98. The third-order valence-electron chi connectivity index (χ3n) is 5.57. The molecule has 0 bridgehead atoms. The Morgan fingerprint density at radius 2 is 2.03 bits per heavy atom. The maximum Gasteiger partial charge on any atom is 0.330 e. The molecule has 4 aromatic rings. The van der Waals surface area contributed by atoms with Crippen LogP contribution in [0.1, 0.15) is 36.7 Å². The summed E-state index contributed by atoms with van der Waals surface area (Å²) < 4.78 is 12.3. The summed E-state index contributed by atoms with van der Waals surface area (Å²) in [5.74, 6) is 0.0403. The van der Waals surface area contributed by atoms with Gasteiger partial charge in [0.15, 0.2) is 5.69 Å². The average molecular weight is 450 g/mol. The van der Waals surface area contributed by atoms with Crippen LogP contribution in [0.5, 0.6) is 0 Å². The van der Waals surface area contributed by atoms with E-state index in [2.05, 4.69) is 4.98 Å². The number of aromatic amines is 1. The number of benzene rings is 1. The third-order valence-corrected chi connectivity index (χ3v) is 5.57. The summed E-state index contributed by atoms with van der Waals surface area (Å²) in [5, 5.41) is 0.821. The summed E-state index contributed by atoms with van der Waals surface area (Å²) in [6, 6.07) is 9.14. The van der Waals surface area contributed by atoms with E-state index in [0.717, 1.165) is 17.4 Å². The zero-order valence-corrected chi connectivity index (χ0v) is 18.6. The number of furan rings is 2. The van der Waals surface area contributed by atoms with Gasteiger partial charge in [0, 0.05) is 17.5 Å². The first-order chi connectivity index (χ1) is 15.9. The number of amides is 1. The molecular formula is C24H26N4O5. The molecule has 172 valence electrons. The molecule has 0 saturated heterocycles. The number of fused-ring (bicyclic) bond motifs is 1. The van der Waals surface area contributed by atoms with E-state index in [0.29, 0.717) is 29.9 Å². The second-order valence-corrected chi connectivity index (χ2v) is 7.99. The van der Waals surface area contributed by atoms with Gasteiger partial charge in [-0.3, -0.25) is 24.0 Å². The number of nitrogens with one attached hydrogen (secondary N) is 1. The first-order valence-corrected chi connectivity index (χ1v) is 10.8. The summed E-state index contributed by atoms with van der Waals surface area (Å²) in [6.45, 7) is 4.26. The van der Waals surface area contributed by atoms with Gasteiger partial charge in [0.1, 0.15) is 17.2 Å². The molecule has 0 fully saturated rings. The van der Waals surface area contributed by atoms with Crippen LogP contribution in [-0.4, -0.2) is 15.5 Å². The van der Waals surface area contributed by atoms with E-state index in [1.807, 2.05) is 32.0 Å². The Hall–Kier alpha value is -4.01. The predicted molar refractivity (Wildman–Crippen MR) is 125 cm³/mol. The van der Waals surface area contributed by atoms with Gasteiger partial charge in [0.05, 0.1) is 25.5 Å². The van der Waals surface area contributed by atoms with Crippen molar-refractivity contribution < 1.29 is 13.6 Å². The molecule has 3 heterocycles. The molecule has 0 aliphatic carbocycles. The van der Waals surface area contributed by atoms with Crippen molar-refractivity contribution in [3.05, 3.63) is 80.6 Å². The first-order valence-electron chi connectivity index (χ1n) is 10.8. The van der Waals surface area contributed by atoms with E-state index >= 15 is 0 Å². The van der Waals surface area contributed by atoms with Crippen molar-refractivity contribution in [1.29, 1.82) is 0 Å². The lowest BCUT2D eigenvalue weighted by Gasteiger charge is -2.23. The second-order valence-electron chi connectivity index (χ2n) is 7.99. The number of carbonyl (C=O) groups excluding carboxylic acids is 1. The predicted octanol–water partition coefficient (Wildman–Crippen LogP) is 3.34. The number of nitrogen functional groups attached to an aromatic ring is 1. The Morgan fingerprint density at radius 1 is 1.21 bits per heavy atom. The van der Waals surface area contributed by atoms with E-state index < -0.39 is 11.2 Å². The lowest BCUT2D eigenvalue weighted by atomic mass is 10.1. The molecule has 1 aromatic carbocycles. The largest absolute Gasteiger partial charge is 0.467 e. The lowest BCUT2D eigenvalue weighted by Crippen LogP contribution is -2.41. The van der Waals surface area contributed by atoms with E-state index in [1.165, 1.54) is 15.7 Å². The van der Waals surface area contributed by atoms with Crippen molar-refractivity contribution in [2.75, 3.05) is 10.6 Å². The summed E-state index contributed by atoms with van der Waals surface area (Å²) in [4.78, 5) is 42.2. The van der Waals surface area contributed by atoms with Crippen LogP contribution in [0.3, 0.4) is 0 Å². The summed E-state index contributed by atoms with van der Waals surface area (Å²) in [5.41, 5.74) is 7.29. The highest BCUT2D eigenvalue weighted by atomic mass is 16.3. The molecule has 9 nitrogen and oxygen atoms in total. The van der Waals surface area contributed by atoms with Crippen molar-refractivity contribution in [2.24, 2.45) is 0 Å². The van der Waals surface area contributed by atoms with Gasteiger partial charge in [0.25, 0.3) is 5.56 Å². The van der Waals surface area contributed by atoms with Gasteiger partial charge in [-0.25, -0.2) is 4.79 Å². The van der Waals surface area contributed by atoms with Crippen LogP contribution < -0.4 is 21.9 Å². The number of aromatic nitrogens is 2. The van der Waals surface area contributed by atoms with Gasteiger partial charge < -0.3 is 14.6 Å². The normalized spacial score (nSPS) is 11.2. The fraction of sp³-hybridized carbons (Fsp3) is 0.292. The van der Waals surface area contributed by atoms with Crippen molar-refractivity contribution >= 4 is 28.4 Å². The highest BCUT2D eigenvalue weighted by Gasteiger charge is 2.26. The van der Waals surface area contributed by atoms with E-state index in [9.17, 15) is 14.4 Å². The molecular weight excluding hydrogens is 424 g/mol. The molecule has 4 rings (SSSR count). The lowest BCUT2D eigenvalue weighted by molar-refractivity contribution is -0.118. The Balaban J connectivity index is 1.76. The van der Waals surface area contributed by atoms with E-state index in [1.54, 1.807) is 18.4 Å². The minimum absolute atomic E-state index is 0.0139. The maximum atomic E-state index is 13.5. The van der Waals surface area contributed by atoms with Gasteiger partial charge in [-0.05, 0) is 37.1 Å². The number of carbonyl (C=O) groups is 1. The molecule has 3 aromatic heterocycles. The minimum atomic E-state index is -0.724. The molecule has 1 amide bonds. The number of H-pyrrole nitrogens is 1. The standard InChI is InChI=1S/C24H26N4O5/c1-3-4-9-27-22(25)21(23(30)26-24(27)31)28(13-17-6-5-10-32-17)20(29)12-16-14-33-19-11-15(2)7-8-18(16)19/h5-8,10-11,14H,3-4,9,12-13,25H2,1-2H3,(H,26,30,31). The highest BCUT2D eigenvalue weighted by Crippen LogP contribution is 2.26. The van der Waals surface area contributed by atoms with Crippen molar-refractivity contribution in [3.63, 3.8) is 0 Å². The maximum absolute atomic E-state index is 13.5. The molecule has 0 atom stereocenters. The van der Waals surface area contributed by atoms with Crippen LogP contribution in [-0.2, 0) is 24.3 Å². The number of hydrogen-bond donors (Lipinski definition) is 2. The van der Waals surface area contributed by atoms with Crippen molar-refractivity contribution in [2.45, 2.75) is 46.2 Å². The van der Waals surface area contributed by atoms with Crippen LogP contribution >= 0.6 is 0 Å². The van der Waals surface area contributed by atoms with E-state index in [-0.39, 0.29) is 30.4 Å². The molecule has 9 heteroatoms. The molecule has 0 aliphatic rings. The van der Waals surface area contributed by atoms with Gasteiger partial charge in [0.2, 0.25) is 5.91 Å². The Bertz CT molecular complexity index is 1390. The molecule has 33 heavy (non-hydrogen) atoms. The van der Waals surface area contributed by atoms with Crippen LogP contribution in [0.15, 0.2) is 61.3 Å². The minimum Gasteiger partial charge on any atom is -0.467 e. The smallest absolute Gasteiger partial charge is 0.330 e. The van der Waals surface area contributed by atoms with Crippen LogP contribution in [0.2, 0.25) is 0 Å². The molecule has 0 radical (unpaired) electrons. The Morgan fingerprint density at radius 3 is 2.76 bits per heavy atom. The van der Waals surface area contributed by atoms with Gasteiger partial charge in [-0.2, -0.15) is 0 Å². The van der Waals surface area contributed by atoms with Gasteiger partial charge in [-0.1, -0.05) is 25.5 Å². The fourth-order valence-electron chi connectivity index (χ4n) is 3.81. The Kier molecular flexibility index (Phi) is 6.21. The number of nitrogens with two attached hydrogens (primary N) is 1. The molecule has 0 aliphatic heterocycles. The van der Waals surface area contributed by atoms with Crippen molar-refractivity contribution in [3.8, 4) is 0 Å². The second kappa shape index (κ2) is 9.23. The summed E-state index contributed by atoms with van der Waals surface area (Å²) in [7, 11) is 0. The Labute approximate surface area is 189 Å². The number of nitrogens with zero attached hydrogens (tertiary/aromatic N) is 2.